The van der Waals surface area contributed by atoms with E-state index in [0.717, 1.165) is 17.4 Å². The Balaban J connectivity index is 2.01. The molecule has 1 aromatic heterocycles. The van der Waals surface area contributed by atoms with E-state index < -0.39 is 5.97 Å². The molecule has 0 aliphatic rings. The third-order valence-electron chi connectivity index (χ3n) is 4.55. The summed E-state index contributed by atoms with van der Waals surface area (Å²) in [6.07, 6.45) is 2.25. The van der Waals surface area contributed by atoms with Crippen LogP contribution in [0.4, 0.5) is 11.4 Å². The number of carbonyl (C=O) groups is 2. The zero-order valence-electron chi connectivity index (χ0n) is 17.1. The Morgan fingerprint density at radius 1 is 1.03 bits per heavy atom. The van der Waals surface area contributed by atoms with Crippen molar-refractivity contribution in [2.24, 2.45) is 0 Å². The van der Waals surface area contributed by atoms with Gasteiger partial charge in [-0.15, -0.1) is 0 Å². The molecule has 0 fully saturated rings. The molecule has 0 aliphatic carbocycles. The lowest BCUT2D eigenvalue weighted by Gasteiger charge is -2.15. The fraction of sp³-hybridized carbons (Fsp3) is 0.261. The molecular weight excluding hydrogens is 404 g/mol. The minimum atomic E-state index is -0.471. The Hall–Kier alpha value is -3.12. The molecule has 0 aliphatic heterocycles. The second kappa shape index (κ2) is 9.59. The summed E-state index contributed by atoms with van der Waals surface area (Å²) in [5.74, 6) is -0.836. The van der Waals surface area contributed by atoms with Gasteiger partial charge < -0.3 is 14.8 Å². The molecule has 0 unspecified atom stereocenters. The molecule has 156 valence electrons. The molecule has 3 aromatic rings. The summed E-state index contributed by atoms with van der Waals surface area (Å²) in [4.78, 5) is 28.9. The molecule has 0 amide bonds. The highest BCUT2D eigenvalue weighted by Crippen LogP contribution is 2.33. The molecule has 1 heterocycles. The molecule has 0 spiro atoms. The van der Waals surface area contributed by atoms with E-state index in [9.17, 15) is 9.59 Å². The van der Waals surface area contributed by atoms with Crippen molar-refractivity contribution >= 4 is 45.8 Å². The van der Waals surface area contributed by atoms with E-state index in [2.05, 4.69) is 10.3 Å². The number of esters is 2. The Morgan fingerprint density at radius 3 is 2.43 bits per heavy atom. The maximum atomic E-state index is 12.5. The normalized spacial score (nSPS) is 10.7. The van der Waals surface area contributed by atoms with Crippen LogP contribution in [-0.4, -0.2) is 30.1 Å². The Kier molecular flexibility index (Phi) is 6.90. The van der Waals surface area contributed by atoms with Crippen LogP contribution < -0.4 is 5.32 Å². The lowest BCUT2D eigenvalue weighted by Crippen LogP contribution is -2.10. The van der Waals surface area contributed by atoms with Crippen LogP contribution in [0, 0.1) is 6.92 Å². The van der Waals surface area contributed by atoms with Gasteiger partial charge in [0.05, 0.1) is 30.0 Å². The van der Waals surface area contributed by atoms with E-state index in [1.165, 1.54) is 6.20 Å². The van der Waals surface area contributed by atoms with Crippen molar-refractivity contribution in [2.75, 3.05) is 18.5 Å². The zero-order chi connectivity index (χ0) is 21.7. The minimum Gasteiger partial charge on any atom is -0.462 e. The second-order valence-electron chi connectivity index (χ2n) is 6.67. The topological polar surface area (TPSA) is 77.5 Å². The van der Waals surface area contributed by atoms with Crippen LogP contribution in [0.2, 0.25) is 5.02 Å². The SMILES string of the molecule is CCCOC(=O)c1ccc(Nc2c(C(=O)OCC)cnc3c(C)c(Cl)ccc23)cc1. The molecule has 6 nitrogen and oxygen atoms in total. The largest absolute Gasteiger partial charge is 0.462 e. The molecule has 3 rings (SSSR count). The van der Waals surface area contributed by atoms with E-state index in [-0.39, 0.29) is 12.6 Å². The first kappa shape index (κ1) is 21.6. The highest BCUT2D eigenvalue weighted by Gasteiger charge is 2.18. The van der Waals surface area contributed by atoms with Crippen LogP contribution in [0.25, 0.3) is 10.9 Å². The van der Waals surface area contributed by atoms with E-state index in [1.54, 1.807) is 37.3 Å². The number of aromatic nitrogens is 1. The monoisotopic (exact) mass is 426 g/mol. The number of hydrogen-bond acceptors (Lipinski definition) is 6. The van der Waals surface area contributed by atoms with Gasteiger partial charge in [0.15, 0.2) is 0 Å². The number of aryl methyl sites for hydroxylation is 1. The van der Waals surface area contributed by atoms with Crippen molar-refractivity contribution in [3.8, 4) is 0 Å². The molecule has 7 heteroatoms. The van der Waals surface area contributed by atoms with Gasteiger partial charge in [0.1, 0.15) is 5.56 Å². The van der Waals surface area contributed by atoms with E-state index in [4.69, 9.17) is 21.1 Å². The van der Waals surface area contributed by atoms with Crippen LogP contribution in [0.3, 0.4) is 0 Å². The molecule has 0 radical (unpaired) electrons. The molecule has 0 bridgehead atoms. The van der Waals surface area contributed by atoms with Crippen LogP contribution >= 0.6 is 11.6 Å². The van der Waals surface area contributed by atoms with Gasteiger partial charge in [-0.05, 0) is 62.2 Å². The van der Waals surface area contributed by atoms with Gasteiger partial charge in [-0.3, -0.25) is 4.98 Å². The van der Waals surface area contributed by atoms with Gasteiger partial charge in [-0.2, -0.15) is 0 Å². The minimum absolute atomic E-state index is 0.254. The average molecular weight is 427 g/mol. The van der Waals surface area contributed by atoms with Crippen LogP contribution in [0.1, 0.15) is 46.5 Å². The van der Waals surface area contributed by atoms with E-state index >= 15 is 0 Å². The summed E-state index contributed by atoms with van der Waals surface area (Å²) >= 11 is 6.24. The third-order valence-corrected chi connectivity index (χ3v) is 4.96. The summed E-state index contributed by atoms with van der Waals surface area (Å²) in [6.45, 7) is 6.20. The predicted molar refractivity (Wildman–Crippen MR) is 118 cm³/mol. The summed E-state index contributed by atoms with van der Waals surface area (Å²) in [5.41, 5.74) is 3.56. The number of anilines is 2. The highest BCUT2D eigenvalue weighted by atomic mass is 35.5. The number of fused-ring (bicyclic) bond motifs is 1. The number of carbonyl (C=O) groups excluding carboxylic acids is 2. The molecule has 0 saturated heterocycles. The van der Waals surface area contributed by atoms with Crippen molar-refractivity contribution < 1.29 is 19.1 Å². The second-order valence-corrected chi connectivity index (χ2v) is 7.08. The molecule has 2 aromatic carbocycles. The Labute approximate surface area is 180 Å². The lowest BCUT2D eigenvalue weighted by atomic mass is 10.1. The summed E-state index contributed by atoms with van der Waals surface area (Å²) in [5, 5.41) is 4.62. The highest BCUT2D eigenvalue weighted by molar-refractivity contribution is 6.32. The fourth-order valence-corrected chi connectivity index (χ4v) is 3.15. The number of ether oxygens (including phenoxy) is 2. The number of nitrogens with zero attached hydrogens (tertiary/aromatic N) is 1. The predicted octanol–water partition coefficient (Wildman–Crippen LogP) is 5.68. The number of benzene rings is 2. The molecule has 30 heavy (non-hydrogen) atoms. The van der Waals surface area contributed by atoms with Crippen molar-refractivity contribution in [1.29, 1.82) is 0 Å². The quantitative estimate of drug-likeness (QED) is 0.489. The Morgan fingerprint density at radius 2 is 1.77 bits per heavy atom. The maximum absolute atomic E-state index is 12.5. The van der Waals surface area contributed by atoms with Crippen molar-refractivity contribution in [3.05, 3.63) is 64.3 Å². The van der Waals surface area contributed by atoms with Gasteiger partial charge >= 0.3 is 11.9 Å². The van der Waals surface area contributed by atoms with Crippen LogP contribution in [0.5, 0.6) is 0 Å². The smallest absolute Gasteiger partial charge is 0.341 e. The van der Waals surface area contributed by atoms with Crippen molar-refractivity contribution in [3.63, 3.8) is 0 Å². The Bertz CT molecular complexity index is 1080. The fourth-order valence-electron chi connectivity index (χ4n) is 2.99. The number of hydrogen-bond donors (Lipinski definition) is 1. The lowest BCUT2D eigenvalue weighted by molar-refractivity contribution is 0.0501. The average Bonchev–Trinajstić information content (AvgIpc) is 2.75. The van der Waals surface area contributed by atoms with Gasteiger partial charge in [-0.25, -0.2) is 9.59 Å². The van der Waals surface area contributed by atoms with Crippen molar-refractivity contribution in [2.45, 2.75) is 27.2 Å². The molecule has 0 atom stereocenters. The van der Waals surface area contributed by atoms with Gasteiger partial charge in [0.2, 0.25) is 0 Å². The zero-order valence-corrected chi connectivity index (χ0v) is 17.9. The first-order valence-corrected chi connectivity index (χ1v) is 10.1. The van der Waals surface area contributed by atoms with Gasteiger partial charge in [0.25, 0.3) is 0 Å². The van der Waals surface area contributed by atoms with E-state index in [1.807, 2.05) is 19.9 Å². The van der Waals surface area contributed by atoms with E-state index in [0.29, 0.717) is 39.6 Å². The third kappa shape index (κ3) is 4.54. The number of nitrogens with one attached hydrogen (secondary N) is 1. The van der Waals surface area contributed by atoms with Gasteiger partial charge in [0, 0.05) is 22.3 Å². The maximum Gasteiger partial charge on any atom is 0.341 e. The number of rotatable bonds is 7. The summed E-state index contributed by atoms with van der Waals surface area (Å²) in [6, 6.07) is 10.5. The summed E-state index contributed by atoms with van der Waals surface area (Å²) < 4.78 is 10.3. The molecular formula is C23H23ClN2O4. The van der Waals surface area contributed by atoms with Crippen LogP contribution in [0.15, 0.2) is 42.6 Å². The number of halogens is 1. The summed E-state index contributed by atoms with van der Waals surface area (Å²) in [7, 11) is 0. The molecule has 1 N–H and O–H groups in total. The first-order chi connectivity index (χ1) is 14.5. The molecule has 0 saturated carbocycles. The van der Waals surface area contributed by atoms with Crippen molar-refractivity contribution in [1.82, 2.24) is 4.98 Å². The van der Waals surface area contributed by atoms with Crippen LogP contribution in [-0.2, 0) is 9.47 Å². The standard InChI is InChI=1S/C23H23ClN2O4/c1-4-12-30-22(27)15-6-8-16(9-7-15)26-21-17-10-11-19(24)14(3)20(17)25-13-18(21)23(28)29-5-2/h6-11,13H,4-5,12H2,1-3H3,(H,25,26). The van der Waals surface area contributed by atoms with Gasteiger partial charge in [-0.1, -0.05) is 18.5 Å². The number of pyridine rings is 1. The first-order valence-electron chi connectivity index (χ1n) is 9.75.